The Hall–Kier alpha value is -3.44. The van der Waals surface area contributed by atoms with Crippen LogP contribution in [0.5, 0.6) is 0 Å². The van der Waals surface area contributed by atoms with E-state index < -0.39 is 5.56 Å². The molecule has 0 unspecified atom stereocenters. The Balaban J connectivity index is 1.74. The fraction of sp³-hybridized carbons (Fsp3) is 0.192. The normalized spacial score (nSPS) is 14.1. The highest BCUT2D eigenvalue weighted by Gasteiger charge is 2.34. The summed E-state index contributed by atoms with van der Waals surface area (Å²) in [6.45, 7) is 6.49. The number of halogens is 1. The van der Waals surface area contributed by atoms with Crippen LogP contribution < -0.4 is 5.56 Å². The third-order valence-electron chi connectivity index (χ3n) is 5.57. The number of amides is 2. The number of nitrogens with zero attached hydrogens (tertiary/aromatic N) is 1. The SMILES string of the molecule is CC(C)(C)c1ccc(C(=CCN2C(=O)c3ccccc3C2=O)c2ccc(Cl)c(=O)[nH]2)cc1. The highest BCUT2D eigenvalue weighted by atomic mass is 35.5. The molecule has 0 aliphatic carbocycles. The fourth-order valence-electron chi connectivity index (χ4n) is 3.73. The number of aromatic nitrogens is 1. The first-order chi connectivity index (χ1) is 15.2. The molecule has 2 aromatic carbocycles. The molecule has 0 bridgehead atoms. The summed E-state index contributed by atoms with van der Waals surface area (Å²) >= 11 is 5.91. The zero-order valence-corrected chi connectivity index (χ0v) is 18.9. The van der Waals surface area contributed by atoms with Gasteiger partial charge in [0.25, 0.3) is 17.4 Å². The molecule has 6 heteroatoms. The monoisotopic (exact) mass is 446 g/mol. The van der Waals surface area contributed by atoms with Crippen LogP contribution in [0.1, 0.15) is 58.3 Å². The zero-order valence-electron chi connectivity index (χ0n) is 18.1. The number of carbonyl (C=O) groups is 2. The first-order valence-electron chi connectivity index (χ1n) is 10.3. The van der Waals surface area contributed by atoms with E-state index in [0.717, 1.165) is 5.56 Å². The smallest absolute Gasteiger partial charge is 0.267 e. The van der Waals surface area contributed by atoms with Gasteiger partial charge < -0.3 is 4.98 Å². The molecule has 1 aliphatic rings. The maximum atomic E-state index is 12.7. The van der Waals surface area contributed by atoms with E-state index in [1.165, 1.54) is 16.5 Å². The number of aromatic amines is 1. The van der Waals surface area contributed by atoms with Crippen LogP contribution in [0.25, 0.3) is 5.57 Å². The van der Waals surface area contributed by atoms with Crippen molar-refractivity contribution in [3.63, 3.8) is 0 Å². The second-order valence-corrected chi connectivity index (χ2v) is 9.17. The molecule has 0 saturated heterocycles. The van der Waals surface area contributed by atoms with Gasteiger partial charge in [0.15, 0.2) is 0 Å². The number of hydrogen-bond donors (Lipinski definition) is 1. The Morgan fingerprint density at radius 2 is 1.50 bits per heavy atom. The van der Waals surface area contributed by atoms with Gasteiger partial charge in [-0.1, -0.05) is 74.8 Å². The van der Waals surface area contributed by atoms with Gasteiger partial charge in [-0.25, -0.2) is 0 Å². The second-order valence-electron chi connectivity index (χ2n) is 8.76. The molecule has 162 valence electrons. The van der Waals surface area contributed by atoms with Gasteiger partial charge in [-0.3, -0.25) is 19.3 Å². The Kier molecular flexibility index (Phi) is 5.61. The third kappa shape index (κ3) is 4.04. The topological polar surface area (TPSA) is 70.2 Å². The van der Waals surface area contributed by atoms with E-state index in [-0.39, 0.29) is 28.8 Å². The lowest BCUT2D eigenvalue weighted by Crippen LogP contribution is -2.30. The van der Waals surface area contributed by atoms with Gasteiger partial charge >= 0.3 is 0 Å². The average molecular weight is 447 g/mol. The first kappa shape index (κ1) is 21.8. The van der Waals surface area contributed by atoms with E-state index in [4.69, 9.17) is 11.6 Å². The Labute approximate surface area is 191 Å². The first-order valence-corrected chi connectivity index (χ1v) is 10.7. The number of hydrogen-bond acceptors (Lipinski definition) is 3. The zero-order chi connectivity index (χ0) is 23.0. The molecule has 0 atom stereocenters. The summed E-state index contributed by atoms with van der Waals surface area (Å²) in [4.78, 5) is 41.6. The van der Waals surface area contributed by atoms with E-state index in [0.29, 0.717) is 22.4 Å². The molecule has 0 radical (unpaired) electrons. The molecule has 2 heterocycles. The summed E-state index contributed by atoms with van der Waals surface area (Å²) in [7, 11) is 0. The van der Waals surface area contributed by atoms with E-state index in [2.05, 4.69) is 25.8 Å². The molecule has 5 nitrogen and oxygen atoms in total. The Morgan fingerprint density at radius 3 is 2.03 bits per heavy atom. The van der Waals surface area contributed by atoms with Crippen LogP contribution in [0, 0.1) is 0 Å². The molecular weight excluding hydrogens is 424 g/mol. The van der Waals surface area contributed by atoms with Crippen LogP contribution in [0.2, 0.25) is 5.02 Å². The molecule has 2 amide bonds. The van der Waals surface area contributed by atoms with Crippen LogP contribution in [0.3, 0.4) is 0 Å². The lowest BCUT2D eigenvalue weighted by molar-refractivity contribution is 0.0672. The van der Waals surface area contributed by atoms with Crippen LogP contribution in [-0.4, -0.2) is 28.2 Å². The van der Waals surface area contributed by atoms with E-state index in [1.54, 1.807) is 36.4 Å². The molecule has 32 heavy (non-hydrogen) atoms. The molecule has 1 N–H and O–H groups in total. The minimum atomic E-state index is -0.401. The van der Waals surface area contributed by atoms with Crippen molar-refractivity contribution >= 4 is 29.0 Å². The standard InChI is InChI=1S/C26H23ClN2O3/c1-26(2,3)17-10-8-16(9-11-17)18(22-13-12-21(27)23(30)28-22)14-15-29-24(31)19-6-4-5-7-20(19)25(29)32/h4-14H,15H2,1-3H3,(H,28,30). The molecule has 4 rings (SSSR count). The highest BCUT2D eigenvalue weighted by Crippen LogP contribution is 2.28. The predicted octanol–water partition coefficient (Wildman–Crippen LogP) is 5.05. The molecule has 1 aliphatic heterocycles. The lowest BCUT2D eigenvalue weighted by Gasteiger charge is -2.20. The van der Waals surface area contributed by atoms with Crippen molar-refractivity contribution in [2.45, 2.75) is 26.2 Å². The molecule has 3 aromatic rings. The largest absolute Gasteiger partial charge is 0.321 e. The van der Waals surface area contributed by atoms with Crippen molar-refractivity contribution in [2.24, 2.45) is 0 Å². The molecular formula is C26H23ClN2O3. The molecule has 0 spiro atoms. The van der Waals surface area contributed by atoms with E-state index >= 15 is 0 Å². The second kappa shape index (κ2) is 8.24. The van der Waals surface area contributed by atoms with Crippen LogP contribution in [0.15, 0.2) is 71.5 Å². The number of pyridine rings is 1. The number of H-pyrrole nitrogens is 1. The Morgan fingerprint density at radius 1 is 0.906 bits per heavy atom. The minimum Gasteiger partial charge on any atom is -0.321 e. The number of imide groups is 1. The highest BCUT2D eigenvalue weighted by molar-refractivity contribution is 6.30. The number of nitrogens with one attached hydrogen (secondary N) is 1. The van der Waals surface area contributed by atoms with Gasteiger partial charge in [-0.2, -0.15) is 0 Å². The van der Waals surface area contributed by atoms with Crippen molar-refractivity contribution < 1.29 is 9.59 Å². The molecule has 0 saturated carbocycles. The number of carbonyl (C=O) groups excluding carboxylic acids is 2. The summed E-state index contributed by atoms with van der Waals surface area (Å²) in [5, 5.41) is 0.0940. The summed E-state index contributed by atoms with van der Waals surface area (Å²) in [5.41, 5.74) is 3.69. The summed E-state index contributed by atoms with van der Waals surface area (Å²) < 4.78 is 0. The van der Waals surface area contributed by atoms with Crippen LogP contribution in [-0.2, 0) is 5.41 Å². The van der Waals surface area contributed by atoms with Crippen molar-refractivity contribution in [2.75, 3.05) is 6.54 Å². The van der Waals surface area contributed by atoms with Crippen molar-refractivity contribution in [3.05, 3.63) is 110 Å². The lowest BCUT2D eigenvalue weighted by atomic mass is 9.86. The van der Waals surface area contributed by atoms with Crippen molar-refractivity contribution in [1.82, 2.24) is 9.88 Å². The van der Waals surface area contributed by atoms with Gasteiger partial charge in [0.05, 0.1) is 11.1 Å². The van der Waals surface area contributed by atoms with Gasteiger partial charge in [0, 0.05) is 17.8 Å². The number of rotatable bonds is 4. The maximum absolute atomic E-state index is 12.7. The summed E-state index contributed by atoms with van der Waals surface area (Å²) in [5.74, 6) is -0.650. The van der Waals surface area contributed by atoms with Gasteiger partial charge in [0.2, 0.25) is 0 Å². The number of fused-ring (bicyclic) bond motifs is 1. The molecule has 1 aromatic heterocycles. The maximum Gasteiger partial charge on any atom is 0.267 e. The molecule has 0 fully saturated rings. The van der Waals surface area contributed by atoms with Crippen LogP contribution >= 0.6 is 11.6 Å². The summed E-state index contributed by atoms with van der Waals surface area (Å²) in [6, 6.07) is 18.1. The number of benzene rings is 2. The van der Waals surface area contributed by atoms with Crippen molar-refractivity contribution in [1.29, 1.82) is 0 Å². The van der Waals surface area contributed by atoms with Crippen LogP contribution in [0.4, 0.5) is 0 Å². The average Bonchev–Trinajstić information content (AvgIpc) is 3.01. The van der Waals surface area contributed by atoms with Gasteiger partial charge in [0.1, 0.15) is 5.02 Å². The van der Waals surface area contributed by atoms with Gasteiger partial charge in [-0.05, 0) is 40.8 Å². The quantitative estimate of drug-likeness (QED) is 0.570. The Bertz CT molecular complexity index is 1260. The van der Waals surface area contributed by atoms with E-state index in [1.807, 2.05) is 24.3 Å². The van der Waals surface area contributed by atoms with E-state index in [9.17, 15) is 14.4 Å². The third-order valence-corrected chi connectivity index (χ3v) is 5.87. The minimum absolute atomic E-state index is 0.00282. The van der Waals surface area contributed by atoms with Gasteiger partial charge in [-0.15, -0.1) is 0 Å². The van der Waals surface area contributed by atoms with Crippen molar-refractivity contribution in [3.8, 4) is 0 Å². The summed E-state index contributed by atoms with van der Waals surface area (Å²) in [6.07, 6.45) is 1.78. The fourth-order valence-corrected chi connectivity index (χ4v) is 3.84. The predicted molar refractivity (Wildman–Crippen MR) is 126 cm³/mol.